The Morgan fingerprint density at radius 2 is 2.09 bits per heavy atom. The van der Waals surface area contributed by atoms with Crippen LogP contribution in [-0.4, -0.2) is 39.9 Å². The zero-order chi connectivity index (χ0) is 16.4. The minimum absolute atomic E-state index is 0.0185. The van der Waals surface area contributed by atoms with E-state index in [9.17, 15) is 4.79 Å². The number of hydrogen-bond donors (Lipinski definition) is 2. The number of amides is 1. The van der Waals surface area contributed by atoms with Crippen LogP contribution in [-0.2, 0) is 0 Å². The molecule has 1 aromatic heterocycles. The van der Waals surface area contributed by atoms with Crippen LogP contribution >= 0.6 is 0 Å². The second-order valence-corrected chi connectivity index (χ2v) is 6.35. The number of aromatic amines is 1. The summed E-state index contributed by atoms with van der Waals surface area (Å²) in [7, 11) is 0. The second kappa shape index (κ2) is 6.54. The van der Waals surface area contributed by atoms with E-state index in [1.807, 2.05) is 42.2 Å². The number of nitrogens with two attached hydrogens (primary N) is 1. The molecule has 1 aliphatic rings. The summed E-state index contributed by atoms with van der Waals surface area (Å²) < 4.78 is 0. The molecular weight excluding hydrogens is 288 g/mol. The van der Waals surface area contributed by atoms with Crippen molar-refractivity contribution >= 4 is 5.91 Å². The number of nitrogens with zero attached hydrogens (tertiary/aromatic N) is 2. The Morgan fingerprint density at radius 3 is 2.78 bits per heavy atom. The third-order valence-corrected chi connectivity index (χ3v) is 4.57. The number of carbonyl (C=O) groups is 1. The number of rotatable bonds is 4. The van der Waals surface area contributed by atoms with Crippen LogP contribution in [0.5, 0.6) is 0 Å². The molecule has 3 N–H and O–H groups in total. The van der Waals surface area contributed by atoms with Gasteiger partial charge in [0, 0.05) is 30.4 Å². The summed E-state index contributed by atoms with van der Waals surface area (Å²) in [5, 5.41) is 0. The Morgan fingerprint density at radius 1 is 1.35 bits per heavy atom. The smallest absolute Gasteiger partial charge is 0.274 e. The Labute approximate surface area is 136 Å². The van der Waals surface area contributed by atoms with Crippen LogP contribution in [0.2, 0.25) is 0 Å². The molecule has 1 amide bonds. The fraction of sp³-hybridized carbons (Fsp3) is 0.444. The molecule has 2 heterocycles. The van der Waals surface area contributed by atoms with Crippen LogP contribution in [0.15, 0.2) is 30.3 Å². The lowest BCUT2D eigenvalue weighted by atomic mass is 9.99. The van der Waals surface area contributed by atoms with Crippen LogP contribution in [0.4, 0.5) is 0 Å². The molecule has 1 aromatic carbocycles. The first-order valence-electron chi connectivity index (χ1n) is 8.27. The number of H-pyrrole nitrogens is 1. The predicted octanol–water partition coefficient (Wildman–Crippen LogP) is 2.58. The third-order valence-electron chi connectivity index (χ3n) is 4.57. The highest BCUT2D eigenvalue weighted by Gasteiger charge is 2.34. The van der Waals surface area contributed by atoms with Crippen molar-refractivity contribution < 1.29 is 4.79 Å². The second-order valence-electron chi connectivity index (χ2n) is 6.35. The summed E-state index contributed by atoms with van der Waals surface area (Å²) in [6.07, 6.45) is 2.17. The molecule has 1 aliphatic heterocycles. The number of imidazole rings is 1. The zero-order valence-electron chi connectivity index (χ0n) is 13.7. The third kappa shape index (κ3) is 3.15. The summed E-state index contributed by atoms with van der Waals surface area (Å²) in [6.45, 7) is 5.41. The van der Waals surface area contributed by atoms with Crippen LogP contribution in [0.25, 0.3) is 11.4 Å². The van der Waals surface area contributed by atoms with Crippen molar-refractivity contribution in [3.63, 3.8) is 0 Å². The van der Waals surface area contributed by atoms with E-state index in [4.69, 9.17) is 5.73 Å². The molecule has 0 radical (unpaired) electrons. The zero-order valence-corrected chi connectivity index (χ0v) is 13.7. The van der Waals surface area contributed by atoms with Gasteiger partial charge in [0.15, 0.2) is 0 Å². The molecule has 3 rings (SSSR count). The van der Waals surface area contributed by atoms with Crippen LogP contribution < -0.4 is 5.73 Å². The molecule has 5 nitrogen and oxygen atoms in total. The molecule has 0 saturated carbocycles. The van der Waals surface area contributed by atoms with Crippen molar-refractivity contribution in [1.29, 1.82) is 0 Å². The standard InChI is InChI=1S/C18H24N4O/c1-3-7-14-10-22(11-15(14)19)18(23)16-12(2)20-17(21-16)13-8-5-4-6-9-13/h4-6,8-9,14-15H,3,7,10-11,19H2,1-2H3,(H,20,21)/t14-,15-/m1/s1. The minimum atomic E-state index is -0.0185. The van der Waals surface area contributed by atoms with Gasteiger partial charge >= 0.3 is 0 Å². The lowest BCUT2D eigenvalue weighted by molar-refractivity contribution is 0.0779. The van der Waals surface area contributed by atoms with E-state index in [0.717, 1.165) is 36.5 Å². The number of nitrogens with one attached hydrogen (secondary N) is 1. The molecule has 2 aromatic rings. The molecule has 1 saturated heterocycles. The molecule has 1 fully saturated rings. The first kappa shape index (κ1) is 15.7. The van der Waals surface area contributed by atoms with Gasteiger partial charge in [0.1, 0.15) is 11.5 Å². The average Bonchev–Trinajstić information content (AvgIpc) is 3.12. The molecule has 0 unspecified atom stereocenters. The molecular formula is C18H24N4O. The Bertz CT molecular complexity index is 680. The number of hydrogen-bond acceptors (Lipinski definition) is 3. The van der Waals surface area contributed by atoms with Gasteiger partial charge in [-0.05, 0) is 19.3 Å². The van der Waals surface area contributed by atoms with Gasteiger partial charge in [0.2, 0.25) is 0 Å². The average molecular weight is 312 g/mol. The van der Waals surface area contributed by atoms with Crippen molar-refractivity contribution in [2.24, 2.45) is 11.7 Å². The van der Waals surface area contributed by atoms with Crippen molar-refractivity contribution in [2.75, 3.05) is 13.1 Å². The van der Waals surface area contributed by atoms with E-state index in [0.29, 0.717) is 18.2 Å². The molecule has 23 heavy (non-hydrogen) atoms. The molecule has 2 atom stereocenters. The van der Waals surface area contributed by atoms with Gasteiger partial charge in [0.05, 0.1) is 0 Å². The number of carbonyl (C=O) groups excluding carboxylic acids is 1. The van der Waals surface area contributed by atoms with E-state index in [1.54, 1.807) is 0 Å². The highest BCUT2D eigenvalue weighted by atomic mass is 16.2. The summed E-state index contributed by atoms with van der Waals surface area (Å²) in [5.74, 6) is 1.12. The topological polar surface area (TPSA) is 75.0 Å². The summed E-state index contributed by atoms with van der Waals surface area (Å²) in [4.78, 5) is 22.4. The van der Waals surface area contributed by atoms with Crippen molar-refractivity contribution in [2.45, 2.75) is 32.7 Å². The highest BCUT2D eigenvalue weighted by molar-refractivity contribution is 5.94. The monoisotopic (exact) mass is 312 g/mol. The van der Waals surface area contributed by atoms with Gasteiger partial charge in [-0.3, -0.25) is 4.79 Å². The molecule has 0 spiro atoms. The Balaban J connectivity index is 1.80. The van der Waals surface area contributed by atoms with Crippen LogP contribution in [0, 0.1) is 12.8 Å². The fourth-order valence-corrected chi connectivity index (χ4v) is 3.29. The van der Waals surface area contributed by atoms with Gasteiger partial charge in [0.25, 0.3) is 5.91 Å². The normalized spacial score (nSPS) is 20.9. The predicted molar refractivity (Wildman–Crippen MR) is 91.0 cm³/mol. The van der Waals surface area contributed by atoms with E-state index >= 15 is 0 Å². The number of benzene rings is 1. The lowest BCUT2D eigenvalue weighted by Gasteiger charge is -2.15. The van der Waals surface area contributed by atoms with Gasteiger partial charge in [-0.15, -0.1) is 0 Å². The first-order valence-corrected chi connectivity index (χ1v) is 8.27. The SMILES string of the molecule is CCC[C@@H]1CN(C(=O)c2nc(-c3ccccc3)[nH]c2C)C[C@H]1N. The fourth-order valence-electron chi connectivity index (χ4n) is 3.29. The quantitative estimate of drug-likeness (QED) is 0.911. The van der Waals surface area contributed by atoms with Crippen LogP contribution in [0.3, 0.4) is 0 Å². The van der Waals surface area contributed by atoms with E-state index < -0.39 is 0 Å². The summed E-state index contributed by atoms with van der Waals surface area (Å²) >= 11 is 0. The van der Waals surface area contributed by atoms with Gasteiger partial charge < -0.3 is 15.6 Å². The van der Waals surface area contributed by atoms with E-state index in [1.165, 1.54) is 0 Å². The maximum atomic E-state index is 12.8. The molecule has 0 bridgehead atoms. The van der Waals surface area contributed by atoms with Crippen molar-refractivity contribution in [1.82, 2.24) is 14.9 Å². The highest BCUT2D eigenvalue weighted by Crippen LogP contribution is 2.24. The van der Waals surface area contributed by atoms with Gasteiger partial charge in [-0.25, -0.2) is 4.98 Å². The molecule has 122 valence electrons. The van der Waals surface area contributed by atoms with Crippen LogP contribution in [0.1, 0.15) is 35.9 Å². The van der Waals surface area contributed by atoms with E-state index in [-0.39, 0.29) is 11.9 Å². The Kier molecular flexibility index (Phi) is 4.48. The largest absolute Gasteiger partial charge is 0.341 e. The van der Waals surface area contributed by atoms with Gasteiger partial charge in [-0.2, -0.15) is 0 Å². The van der Waals surface area contributed by atoms with Crippen molar-refractivity contribution in [3.05, 3.63) is 41.7 Å². The van der Waals surface area contributed by atoms with Crippen molar-refractivity contribution in [3.8, 4) is 11.4 Å². The maximum Gasteiger partial charge on any atom is 0.274 e. The number of aromatic nitrogens is 2. The number of aryl methyl sites for hydroxylation is 1. The maximum absolute atomic E-state index is 12.8. The van der Waals surface area contributed by atoms with E-state index in [2.05, 4.69) is 16.9 Å². The number of likely N-dealkylation sites (tertiary alicyclic amines) is 1. The summed E-state index contributed by atoms with van der Waals surface area (Å²) in [6, 6.07) is 9.93. The lowest BCUT2D eigenvalue weighted by Crippen LogP contribution is -2.32. The Hall–Kier alpha value is -2.14. The minimum Gasteiger partial charge on any atom is -0.341 e. The molecule has 0 aliphatic carbocycles. The molecule has 5 heteroatoms. The summed E-state index contributed by atoms with van der Waals surface area (Å²) in [5.41, 5.74) is 8.48. The first-order chi connectivity index (χ1) is 11.1. The van der Waals surface area contributed by atoms with Gasteiger partial charge in [-0.1, -0.05) is 43.7 Å².